The Morgan fingerprint density at radius 3 is 2.31 bits per heavy atom. The van der Waals surface area contributed by atoms with Crippen molar-refractivity contribution in [2.75, 3.05) is 13.6 Å². The van der Waals surface area contributed by atoms with Gasteiger partial charge in [0.15, 0.2) is 0 Å². The number of nitrogens with two attached hydrogens (primary N) is 1. The van der Waals surface area contributed by atoms with Gasteiger partial charge in [-0.05, 0) is 12.8 Å². The molecule has 0 rings (SSSR count). The summed E-state index contributed by atoms with van der Waals surface area (Å²) in [4.78, 5) is 13.4. The lowest BCUT2D eigenvalue weighted by atomic mass is 9.92. The second kappa shape index (κ2) is 5.02. The number of hydrogen-bond donors (Lipinski definition) is 1. The highest BCUT2D eigenvalue weighted by atomic mass is 16.2. The van der Waals surface area contributed by atoms with E-state index in [4.69, 9.17) is 5.73 Å². The van der Waals surface area contributed by atoms with Crippen LogP contribution in [0.25, 0.3) is 0 Å². The third kappa shape index (κ3) is 2.84. The summed E-state index contributed by atoms with van der Waals surface area (Å²) < 4.78 is 0. The van der Waals surface area contributed by atoms with Gasteiger partial charge in [-0.25, -0.2) is 0 Å². The Balaban J connectivity index is 4.45. The van der Waals surface area contributed by atoms with Gasteiger partial charge in [0.1, 0.15) is 0 Å². The molecule has 0 saturated heterocycles. The zero-order valence-electron chi connectivity index (χ0n) is 8.84. The largest absolute Gasteiger partial charge is 0.340 e. The topological polar surface area (TPSA) is 46.3 Å². The fourth-order valence-electron chi connectivity index (χ4n) is 1.21. The Morgan fingerprint density at radius 2 is 2.00 bits per heavy atom. The van der Waals surface area contributed by atoms with Crippen LogP contribution >= 0.6 is 0 Å². The van der Waals surface area contributed by atoms with Crippen molar-refractivity contribution < 1.29 is 4.79 Å². The maximum atomic E-state index is 11.8. The summed E-state index contributed by atoms with van der Waals surface area (Å²) in [5.74, 6) is -0.00241. The first-order chi connectivity index (χ1) is 6.01. The third-order valence-electron chi connectivity index (χ3n) is 2.44. The quantitative estimate of drug-likeness (QED) is 0.651. The van der Waals surface area contributed by atoms with E-state index in [1.165, 1.54) is 0 Å². The van der Waals surface area contributed by atoms with Crippen LogP contribution in [0.3, 0.4) is 0 Å². The van der Waals surface area contributed by atoms with Gasteiger partial charge < -0.3 is 10.6 Å². The molecule has 3 heteroatoms. The molecule has 0 radical (unpaired) electrons. The predicted octanol–water partition coefficient (Wildman–Crippen LogP) is 1.15. The minimum Gasteiger partial charge on any atom is -0.340 e. The average Bonchev–Trinajstić information content (AvgIpc) is 2.16. The molecule has 3 nitrogen and oxygen atoms in total. The fourth-order valence-corrected chi connectivity index (χ4v) is 1.21. The summed E-state index contributed by atoms with van der Waals surface area (Å²) in [7, 11) is 1.75. The van der Waals surface area contributed by atoms with Crippen LogP contribution in [0.2, 0.25) is 0 Å². The van der Waals surface area contributed by atoms with E-state index in [1.807, 2.05) is 13.8 Å². The molecule has 0 unspecified atom stereocenters. The Kier molecular flexibility index (Phi) is 4.70. The molecule has 0 aromatic heterocycles. The maximum absolute atomic E-state index is 11.8. The van der Waals surface area contributed by atoms with Gasteiger partial charge in [0.2, 0.25) is 5.91 Å². The highest BCUT2D eigenvalue weighted by molar-refractivity contribution is 5.85. The fraction of sp³-hybridized carbons (Fsp3) is 0.700. The van der Waals surface area contributed by atoms with E-state index in [-0.39, 0.29) is 5.91 Å². The Morgan fingerprint density at radius 1 is 1.54 bits per heavy atom. The summed E-state index contributed by atoms with van der Waals surface area (Å²) in [5, 5.41) is 0. The van der Waals surface area contributed by atoms with E-state index in [0.717, 1.165) is 0 Å². The molecular formula is C10H20N2O. The van der Waals surface area contributed by atoms with Crippen LogP contribution in [0.4, 0.5) is 0 Å². The van der Waals surface area contributed by atoms with Gasteiger partial charge in [-0.3, -0.25) is 4.79 Å². The molecule has 0 spiro atoms. The van der Waals surface area contributed by atoms with E-state index < -0.39 is 5.54 Å². The van der Waals surface area contributed by atoms with Crippen molar-refractivity contribution in [3.63, 3.8) is 0 Å². The van der Waals surface area contributed by atoms with Crippen molar-refractivity contribution in [2.24, 2.45) is 5.73 Å². The third-order valence-corrected chi connectivity index (χ3v) is 2.44. The molecule has 0 aromatic rings. The van der Waals surface area contributed by atoms with Gasteiger partial charge in [0.25, 0.3) is 0 Å². The molecule has 0 aliphatic rings. The molecule has 0 bridgehead atoms. The number of carbonyl (C=O) groups excluding carboxylic acids is 1. The number of rotatable bonds is 5. The molecule has 0 fully saturated rings. The lowest BCUT2D eigenvalue weighted by molar-refractivity contribution is -0.135. The first-order valence-corrected chi connectivity index (χ1v) is 4.67. The average molecular weight is 184 g/mol. The molecule has 2 N–H and O–H groups in total. The van der Waals surface area contributed by atoms with Crippen molar-refractivity contribution in [1.29, 1.82) is 0 Å². The molecule has 0 atom stereocenters. The van der Waals surface area contributed by atoms with Crippen LogP contribution in [0.5, 0.6) is 0 Å². The second-order valence-corrected chi connectivity index (χ2v) is 3.34. The smallest absolute Gasteiger partial charge is 0.242 e. The molecule has 1 amide bonds. The van der Waals surface area contributed by atoms with Gasteiger partial charge in [-0.15, -0.1) is 6.58 Å². The van der Waals surface area contributed by atoms with Crippen LogP contribution < -0.4 is 5.73 Å². The second-order valence-electron chi connectivity index (χ2n) is 3.34. The Bertz CT molecular complexity index is 185. The minimum absolute atomic E-state index is 0.00241. The Hall–Kier alpha value is -0.830. The van der Waals surface area contributed by atoms with Crippen molar-refractivity contribution in [3.8, 4) is 0 Å². The van der Waals surface area contributed by atoms with Gasteiger partial charge in [-0.1, -0.05) is 19.9 Å². The van der Waals surface area contributed by atoms with Crippen molar-refractivity contribution in [1.82, 2.24) is 4.90 Å². The van der Waals surface area contributed by atoms with Crippen molar-refractivity contribution in [2.45, 2.75) is 32.2 Å². The highest BCUT2D eigenvalue weighted by Crippen LogP contribution is 2.14. The van der Waals surface area contributed by atoms with Crippen LogP contribution in [0.15, 0.2) is 12.7 Å². The predicted molar refractivity (Wildman–Crippen MR) is 55.3 cm³/mol. The van der Waals surface area contributed by atoms with E-state index in [2.05, 4.69) is 6.58 Å². The maximum Gasteiger partial charge on any atom is 0.242 e. The molecular weight excluding hydrogens is 164 g/mol. The van der Waals surface area contributed by atoms with E-state index in [9.17, 15) is 4.79 Å². The first kappa shape index (κ1) is 12.2. The molecule has 13 heavy (non-hydrogen) atoms. The lowest BCUT2D eigenvalue weighted by Crippen LogP contribution is -2.53. The van der Waals surface area contributed by atoms with Gasteiger partial charge in [0.05, 0.1) is 5.54 Å². The molecule has 0 aliphatic carbocycles. The summed E-state index contributed by atoms with van der Waals surface area (Å²) in [6.07, 6.45) is 3.04. The molecule has 76 valence electrons. The van der Waals surface area contributed by atoms with Crippen molar-refractivity contribution >= 4 is 5.91 Å². The number of amides is 1. The summed E-state index contributed by atoms with van der Waals surface area (Å²) in [5.41, 5.74) is 5.25. The summed E-state index contributed by atoms with van der Waals surface area (Å²) >= 11 is 0. The Labute approximate surface area is 80.6 Å². The normalized spacial score (nSPS) is 11.1. The van der Waals surface area contributed by atoms with Gasteiger partial charge >= 0.3 is 0 Å². The van der Waals surface area contributed by atoms with E-state index in [1.54, 1.807) is 18.0 Å². The molecule has 0 aliphatic heterocycles. The summed E-state index contributed by atoms with van der Waals surface area (Å²) in [6.45, 7) is 8.00. The van der Waals surface area contributed by atoms with E-state index >= 15 is 0 Å². The van der Waals surface area contributed by atoms with Crippen molar-refractivity contribution in [3.05, 3.63) is 12.7 Å². The van der Waals surface area contributed by atoms with Crippen LogP contribution in [0, 0.1) is 0 Å². The zero-order valence-corrected chi connectivity index (χ0v) is 8.84. The van der Waals surface area contributed by atoms with Crippen LogP contribution in [-0.2, 0) is 4.79 Å². The highest BCUT2D eigenvalue weighted by Gasteiger charge is 2.31. The number of likely N-dealkylation sites (N-methyl/N-ethyl adjacent to an activating group) is 1. The monoisotopic (exact) mass is 184 g/mol. The number of carbonyl (C=O) groups is 1. The van der Waals surface area contributed by atoms with Crippen LogP contribution in [0.1, 0.15) is 26.7 Å². The molecule has 0 aromatic carbocycles. The SMILES string of the molecule is C=CCN(C)C(=O)C(N)(CC)CC. The zero-order chi connectivity index (χ0) is 10.5. The van der Waals surface area contributed by atoms with Gasteiger partial charge in [0, 0.05) is 13.6 Å². The molecule has 0 heterocycles. The standard InChI is InChI=1S/C10H20N2O/c1-5-8-12(4)9(13)10(11,6-2)7-3/h5H,1,6-8,11H2,2-4H3. The molecule has 0 saturated carbocycles. The number of hydrogen-bond acceptors (Lipinski definition) is 2. The summed E-state index contributed by atoms with van der Waals surface area (Å²) in [6, 6.07) is 0. The first-order valence-electron chi connectivity index (χ1n) is 4.67. The van der Waals surface area contributed by atoms with Gasteiger partial charge in [-0.2, -0.15) is 0 Å². The van der Waals surface area contributed by atoms with Crippen LogP contribution in [-0.4, -0.2) is 29.9 Å². The number of nitrogens with zero attached hydrogens (tertiary/aromatic N) is 1. The minimum atomic E-state index is -0.697. The van der Waals surface area contributed by atoms with E-state index in [0.29, 0.717) is 19.4 Å². The lowest BCUT2D eigenvalue weighted by Gasteiger charge is -2.30.